The monoisotopic (exact) mass is 329 g/mol. The van der Waals surface area contributed by atoms with Crippen LogP contribution in [0, 0.1) is 13.8 Å². The Labute approximate surface area is 141 Å². The molecule has 0 atom stereocenters. The summed E-state index contributed by atoms with van der Waals surface area (Å²) in [7, 11) is 1.50. The summed E-state index contributed by atoms with van der Waals surface area (Å²) < 4.78 is 5.04. The van der Waals surface area contributed by atoms with Gasteiger partial charge in [-0.2, -0.15) is 5.10 Å². The van der Waals surface area contributed by atoms with Crippen LogP contribution in [0.2, 0.25) is 0 Å². The number of aromatic hydroxyl groups is 1. The molecule has 6 heteroatoms. The van der Waals surface area contributed by atoms with E-state index in [-0.39, 0.29) is 5.75 Å². The predicted molar refractivity (Wildman–Crippen MR) is 97.5 cm³/mol. The molecule has 0 aliphatic rings. The van der Waals surface area contributed by atoms with Gasteiger partial charge in [0.15, 0.2) is 16.6 Å². The van der Waals surface area contributed by atoms with Crippen molar-refractivity contribution in [2.45, 2.75) is 13.8 Å². The van der Waals surface area contributed by atoms with Crippen LogP contribution < -0.4 is 15.5 Å². The van der Waals surface area contributed by atoms with Gasteiger partial charge < -0.3 is 15.2 Å². The Bertz CT molecular complexity index is 745. The van der Waals surface area contributed by atoms with Crippen LogP contribution >= 0.6 is 12.2 Å². The van der Waals surface area contributed by atoms with E-state index in [0.29, 0.717) is 10.9 Å². The van der Waals surface area contributed by atoms with Crippen LogP contribution in [0.25, 0.3) is 0 Å². The van der Waals surface area contributed by atoms with Crippen LogP contribution in [-0.2, 0) is 0 Å². The van der Waals surface area contributed by atoms with Crippen molar-refractivity contribution in [2.75, 3.05) is 12.4 Å². The average molecular weight is 329 g/mol. The Morgan fingerprint density at radius 3 is 2.70 bits per heavy atom. The maximum atomic E-state index is 9.54. The standard InChI is InChI=1S/C17H19N3O2S/c1-11-4-6-14(12(2)8-11)19-17(23)20-18-10-13-5-7-15(21)16(9-13)22-3/h4-10,21H,1-3H3,(H2,19,20,23)/b18-10+. The SMILES string of the molecule is COc1cc(/C=N/NC(=S)Nc2ccc(C)cc2C)ccc1O. The van der Waals surface area contributed by atoms with Crippen molar-refractivity contribution in [1.82, 2.24) is 5.43 Å². The Morgan fingerprint density at radius 1 is 1.22 bits per heavy atom. The highest BCUT2D eigenvalue weighted by Gasteiger charge is 2.02. The predicted octanol–water partition coefficient (Wildman–Crippen LogP) is 3.34. The highest BCUT2D eigenvalue weighted by Crippen LogP contribution is 2.25. The molecular formula is C17H19N3O2S. The maximum absolute atomic E-state index is 9.54. The quantitative estimate of drug-likeness (QED) is 0.456. The Hall–Kier alpha value is -2.60. The molecule has 5 nitrogen and oxygen atoms in total. The summed E-state index contributed by atoms with van der Waals surface area (Å²) in [6.07, 6.45) is 1.60. The van der Waals surface area contributed by atoms with Gasteiger partial charge in [0.1, 0.15) is 0 Å². The molecule has 0 amide bonds. The highest BCUT2D eigenvalue weighted by atomic mass is 32.1. The van der Waals surface area contributed by atoms with Gasteiger partial charge in [-0.25, -0.2) is 0 Å². The third-order valence-electron chi connectivity index (χ3n) is 3.21. The van der Waals surface area contributed by atoms with Crippen LogP contribution in [-0.4, -0.2) is 23.5 Å². The molecule has 0 bridgehead atoms. The summed E-state index contributed by atoms with van der Waals surface area (Å²) >= 11 is 5.21. The van der Waals surface area contributed by atoms with Crippen molar-refractivity contribution in [3.8, 4) is 11.5 Å². The van der Waals surface area contributed by atoms with E-state index >= 15 is 0 Å². The first-order valence-electron chi connectivity index (χ1n) is 7.04. The van der Waals surface area contributed by atoms with E-state index in [9.17, 15) is 5.11 Å². The van der Waals surface area contributed by atoms with Crippen molar-refractivity contribution in [3.63, 3.8) is 0 Å². The molecule has 0 spiro atoms. The van der Waals surface area contributed by atoms with Crippen LogP contribution in [0.15, 0.2) is 41.5 Å². The van der Waals surface area contributed by atoms with Crippen LogP contribution in [0.3, 0.4) is 0 Å². The van der Waals surface area contributed by atoms with Gasteiger partial charge in [0.25, 0.3) is 0 Å². The van der Waals surface area contributed by atoms with Crippen LogP contribution in [0.5, 0.6) is 11.5 Å². The summed E-state index contributed by atoms with van der Waals surface area (Å²) in [5.41, 5.74) is 6.79. The molecule has 0 saturated carbocycles. The highest BCUT2D eigenvalue weighted by molar-refractivity contribution is 7.80. The van der Waals surface area contributed by atoms with Crippen molar-refractivity contribution >= 4 is 29.2 Å². The average Bonchev–Trinajstić information content (AvgIpc) is 2.52. The number of methoxy groups -OCH3 is 1. The van der Waals surface area contributed by atoms with Gasteiger partial charge in [0.2, 0.25) is 0 Å². The number of phenols is 1. The molecule has 0 unspecified atom stereocenters. The fourth-order valence-electron chi connectivity index (χ4n) is 2.04. The molecule has 2 aromatic rings. The van der Waals surface area contributed by atoms with Crippen LogP contribution in [0.1, 0.15) is 16.7 Å². The Balaban J connectivity index is 1.96. The van der Waals surface area contributed by atoms with Gasteiger partial charge in [-0.1, -0.05) is 17.7 Å². The van der Waals surface area contributed by atoms with Gasteiger partial charge in [-0.3, -0.25) is 5.43 Å². The lowest BCUT2D eigenvalue weighted by molar-refractivity contribution is 0.373. The molecule has 0 heterocycles. The second-order valence-corrected chi connectivity index (χ2v) is 5.48. The van der Waals surface area contributed by atoms with Gasteiger partial charge in [-0.05, 0) is 61.5 Å². The van der Waals surface area contributed by atoms with Crippen molar-refractivity contribution in [1.29, 1.82) is 0 Å². The molecule has 0 aliphatic carbocycles. The van der Waals surface area contributed by atoms with Crippen molar-refractivity contribution in [2.24, 2.45) is 5.10 Å². The molecule has 0 fully saturated rings. The Kier molecular flexibility index (Phi) is 5.54. The normalized spacial score (nSPS) is 10.6. The number of nitrogens with one attached hydrogen (secondary N) is 2. The number of hydrazone groups is 1. The van der Waals surface area contributed by atoms with Crippen molar-refractivity contribution in [3.05, 3.63) is 53.1 Å². The minimum absolute atomic E-state index is 0.0876. The number of hydrogen-bond acceptors (Lipinski definition) is 4. The lowest BCUT2D eigenvalue weighted by Gasteiger charge is -2.10. The number of ether oxygens (including phenoxy) is 1. The van der Waals surface area contributed by atoms with Crippen molar-refractivity contribution < 1.29 is 9.84 Å². The molecule has 0 radical (unpaired) electrons. The molecule has 0 aliphatic heterocycles. The van der Waals surface area contributed by atoms with E-state index in [4.69, 9.17) is 17.0 Å². The fraction of sp³-hybridized carbons (Fsp3) is 0.176. The molecule has 120 valence electrons. The summed E-state index contributed by atoms with van der Waals surface area (Å²) in [6, 6.07) is 11.0. The van der Waals surface area contributed by atoms with Gasteiger partial charge >= 0.3 is 0 Å². The van der Waals surface area contributed by atoms with E-state index in [0.717, 1.165) is 16.8 Å². The lowest BCUT2D eigenvalue weighted by Crippen LogP contribution is -2.24. The second-order valence-electron chi connectivity index (χ2n) is 5.07. The minimum Gasteiger partial charge on any atom is -0.504 e. The minimum atomic E-state index is 0.0876. The fourth-order valence-corrected chi connectivity index (χ4v) is 2.21. The third-order valence-corrected chi connectivity index (χ3v) is 3.41. The Morgan fingerprint density at radius 2 is 2.00 bits per heavy atom. The summed E-state index contributed by atoms with van der Waals surface area (Å²) in [4.78, 5) is 0. The zero-order chi connectivity index (χ0) is 16.8. The van der Waals surface area contributed by atoms with Gasteiger partial charge in [0.05, 0.1) is 13.3 Å². The number of aryl methyl sites for hydroxylation is 2. The number of rotatable bonds is 4. The van der Waals surface area contributed by atoms with E-state index in [1.165, 1.54) is 12.7 Å². The molecule has 0 aromatic heterocycles. The number of hydrogen-bond donors (Lipinski definition) is 3. The molecule has 3 N–H and O–H groups in total. The first-order valence-corrected chi connectivity index (χ1v) is 7.44. The van der Waals surface area contributed by atoms with E-state index < -0.39 is 0 Å². The zero-order valence-corrected chi connectivity index (χ0v) is 14.1. The molecular weight excluding hydrogens is 310 g/mol. The van der Waals surface area contributed by atoms with E-state index in [1.54, 1.807) is 24.4 Å². The summed E-state index contributed by atoms with van der Waals surface area (Å²) in [5.74, 6) is 0.481. The molecule has 2 aromatic carbocycles. The largest absolute Gasteiger partial charge is 0.504 e. The second kappa shape index (κ2) is 7.60. The number of nitrogens with zero attached hydrogens (tertiary/aromatic N) is 1. The van der Waals surface area contributed by atoms with E-state index in [2.05, 4.69) is 21.9 Å². The molecule has 2 rings (SSSR count). The van der Waals surface area contributed by atoms with Gasteiger partial charge in [0, 0.05) is 5.69 Å². The number of thiocarbonyl (C=S) groups is 1. The number of anilines is 1. The van der Waals surface area contributed by atoms with Crippen LogP contribution in [0.4, 0.5) is 5.69 Å². The lowest BCUT2D eigenvalue weighted by atomic mass is 10.1. The number of benzene rings is 2. The first-order chi connectivity index (χ1) is 11.0. The van der Waals surface area contributed by atoms with Gasteiger partial charge in [-0.15, -0.1) is 0 Å². The summed E-state index contributed by atoms with van der Waals surface area (Å²) in [6.45, 7) is 4.06. The topological polar surface area (TPSA) is 65.9 Å². The molecule has 0 saturated heterocycles. The summed E-state index contributed by atoms with van der Waals surface area (Å²) in [5, 5.41) is 17.1. The third kappa shape index (κ3) is 4.69. The maximum Gasteiger partial charge on any atom is 0.191 e. The zero-order valence-electron chi connectivity index (χ0n) is 13.3. The molecule has 23 heavy (non-hydrogen) atoms. The van der Waals surface area contributed by atoms with E-state index in [1.807, 2.05) is 26.0 Å². The smallest absolute Gasteiger partial charge is 0.191 e. The number of phenolic OH excluding ortho intramolecular Hbond substituents is 1. The first kappa shape index (κ1) is 16.8.